The van der Waals surface area contributed by atoms with Gasteiger partial charge in [-0.25, -0.2) is 0 Å². The Morgan fingerprint density at radius 2 is 2.05 bits per heavy atom. The quantitative estimate of drug-likeness (QED) is 0.782. The molecule has 0 spiro atoms. The monoisotopic (exact) mass is 283 g/mol. The summed E-state index contributed by atoms with van der Waals surface area (Å²) in [6.07, 6.45) is 5.05. The normalized spacial score (nSPS) is 12.9. The molecule has 0 saturated carbocycles. The van der Waals surface area contributed by atoms with Crippen molar-refractivity contribution in [3.8, 4) is 0 Å². The maximum atomic E-state index is 4.75. The van der Waals surface area contributed by atoms with Gasteiger partial charge in [0.2, 0.25) is 0 Å². The standard InChI is InChI=1S/C16H21N5/c1-4-9-17-15(12-10-18-20(2)11-12)16-13-7-5-6-8-14(13)21(3)19-16/h5-8,10-11,15,17H,4,9H2,1-3H3. The van der Waals surface area contributed by atoms with E-state index in [0.29, 0.717) is 0 Å². The van der Waals surface area contributed by atoms with Crippen molar-refractivity contribution in [3.05, 3.63) is 47.9 Å². The Morgan fingerprint density at radius 1 is 1.24 bits per heavy atom. The highest BCUT2D eigenvalue weighted by molar-refractivity contribution is 5.82. The molecular weight excluding hydrogens is 262 g/mol. The smallest absolute Gasteiger partial charge is 0.0919 e. The SMILES string of the molecule is CCCNC(c1cnn(C)c1)c1nn(C)c2ccccc12. The van der Waals surface area contributed by atoms with Crippen LogP contribution in [0.3, 0.4) is 0 Å². The zero-order valence-corrected chi connectivity index (χ0v) is 12.7. The van der Waals surface area contributed by atoms with Gasteiger partial charge in [0.25, 0.3) is 0 Å². The fraction of sp³-hybridized carbons (Fsp3) is 0.375. The van der Waals surface area contributed by atoms with Gasteiger partial charge < -0.3 is 5.32 Å². The molecule has 110 valence electrons. The molecule has 0 fully saturated rings. The highest BCUT2D eigenvalue weighted by atomic mass is 15.3. The molecule has 0 aliphatic rings. The van der Waals surface area contributed by atoms with Gasteiger partial charge in [-0.2, -0.15) is 10.2 Å². The average Bonchev–Trinajstić information content (AvgIpc) is 3.05. The van der Waals surface area contributed by atoms with E-state index >= 15 is 0 Å². The van der Waals surface area contributed by atoms with Crippen LogP contribution in [-0.2, 0) is 14.1 Å². The molecule has 0 amide bonds. The van der Waals surface area contributed by atoms with Crippen molar-refractivity contribution >= 4 is 10.9 Å². The number of nitrogens with one attached hydrogen (secondary N) is 1. The van der Waals surface area contributed by atoms with Crippen molar-refractivity contribution in [1.29, 1.82) is 0 Å². The molecule has 1 N–H and O–H groups in total. The number of fused-ring (bicyclic) bond motifs is 1. The molecule has 2 aromatic heterocycles. The van der Waals surface area contributed by atoms with E-state index in [1.54, 1.807) is 0 Å². The van der Waals surface area contributed by atoms with Gasteiger partial charge >= 0.3 is 0 Å². The Bertz CT molecular complexity index is 740. The molecule has 2 heterocycles. The largest absolute Gasteiger partial charge is 0.305 e. The molecule has 21 heavy (non-hydrogen) atoms. The minimum atomic E-state index is 0.0738. The molecule has 0 aliphatic carbocycles. The van der Waals surface area contributed by atoms with E-state index in [-0.39, 0.29) is 6.04 Å². The third kappa shape index (κ3) is 2.56. The Kier molecular flexibility index (Phi) is 3.75. The lowest BCUT2D eigenvalue weighted by Gasteiger charge is -2.15. The van der Waals surface area contributed by atoms with E-state index in [9.17, 15) is 0 Å². The van der Waals surface area contributed by atoms with Crippen molar-refractivity contribution in [2.75, 3.05) is 6.54 Å². The molecule has 1 aromatic carbocycles. The predicted molar refractivity (Wildman–Crippen MR) is 84.1 cm³/mol. The summed E-state index contributed by atoms with van der Waals surface area (Å²) in [5.74, 6) is 0. The van der Waals surface area contributed by atoms with Crippen LogP contribution in [-0.4, -0.2) is 26.1 Å². The summed E-state index contributed by atoms with van der Waals surface area (Å²) in [6, 6.07) is 8.42. The third-order valence-corrected chi connectivity index (χ3v) is 3.72. The molecule has 3 aromatic rings. The first-order valence-corrected chi connectivity index (χ1v) is 7.34. The summed E-state index contributed by atoms with van der Waals surface area (Å²) in [5, 5.41) is 13.8. The van der Waals surface area contributed by atoms with Gasteiger partial charge in [-0.05, 0) is 19.0 Å². The maximum Gasteiger partial charge on any atom is 0.0919 e. The zero-order valence-electron chi connectivity index (χ0n) is 12.7. The molecule has 1 atom stereocenters. The number of para-hydroxylation sites is 1. The number of rotatable bonds is 5. The Balaban J connectivity index is 2.10. The number of nitrogens with zero attached hydrogens (tertiary/aromatic N) is 4. The molecule has 0 bridgehead atoms. The van der Waals surface area contributed by atoms with Crippen LogP contribution in [0.15, 0.2) is 36.7 Å². The third-order valence-electron chi connectivity index (χ3n) is 3.72. The van der Waals surface area contributed by atoms with Crippen molar-refractivity contribution in [2.24, 2.45) is 14.1 Å². The first-order chi connectivity index (χ1) is 10.2. The molecule has 0 radical (unpaired) electrons. The minimum absolute atomic E-state index is 0.0738. The topological polar surface area (TPSA) is 47.7 Å². The minimum Gasteiger partial charge on any atom is -0.305 e. The summed E-state index contributed by atoms with van der Waals surface area (Å²) in [4.78, 5) is 0. The van der Waals surface area contributed by atoms with Gasteiger partial charge in [-0.3, -0.25) is 9.36 Å². The Hall–Kier alpha value is -2.14. The van der Waals surface area contributed by atoms with Crippen LogP contribution in [0.4, 0.5) is 0 Å². The van der Waals surface area contributed by atoms with Crippen LogP contribution in [0, 0.1) is 0 Å². The number of hydrogen-bond donors (Lipinski definition) is 1. The second-order valence-electron chi connectivity index (χ2n) is 5.36. The van der Waals surface area contributed by atoms with Crippen LogP contribution >= 0.6 is 0 Å². The molecular formula is C16H21N5. The molecule has 5 nitrogen and oxygen atoms in total. The Morgan fingerprint density at radius 3 is 2.76 bits per heavy atom. The highest BCUT2D eigenvalue weighted by Crippen LogP contribution is 2.27. The summed E-state index contributed by atoms with van der Waals surface area (Å²) in [5.41, 5.74) is 3.36. The Labute approximate surface area is 124 Å². The lowest BCUT2D eigenvalue weighted by Crippen LogP contribution is -2.23. The molecule has 5 heteroatoms. The van der Waals surface area contributed by atoms with E-state index in [1.807, 2.05) is 35.7 Å². The second kappa shape index (κ2) is 5.69. The van der Waals surface area contributed by atoms with Crippen LogP contribution in [0.25, 0.3) is 10.9 Å². The first kappa shape index (κ1) is 13.8. The first-order valence-electron chi connectivity index (χ1n) is 7.34. The van der Waals surface area contributed by atoms with Crippen molar-refractivity contribution in [3.63, 3.8) is 0 Å². The number of benzene rings is 1. The van der Waals surface area contributed by atoms with Gasteiger partial charge in [-0.1, -0.05) is 25.1 Å². The van der Waals surface area contributed by atoms with E-state index in [4.69, 9.17) is 5.10 Å². The number of hydrogen-bond acceptors (Lipinski definition) is 3. The van der Waals surface area contributed by atoms with Crippen LogP contribution in [0.2, 0.25) is 0 Å². The lowest BCUT2D eigenvalue weighted by molar-refractivity contribution is 0.578. The molecule has 0 aliphatic heterocycles. The van der Waals surface area contributed by atoms with Gasteiger partial charge in [0.15, 0.2) is 0 Å². The maximum absolute atomic E-state index is 4.75. The van der Waals surface area contributed by atoms with Gasteiger partial charge in [0.1, 0.15) is 0 Å². The highest BCUT2D eigenvalue weighted by Gasteiger charge is 2.21. The van der Waals surface area contributed by atoms with E-state index < -0.39 is 0 Å². The second-order valence-corrected chi connectivity index (χ2v) is 5.36. The van der Waals surface area contributed by atoms with Gasteiger partial charge in [0, 0.05) is 31.2 Å². The summed E-state index contributed by atoms with van der Waals surface area (Å²) < 4.78 is 3.78. The fourth-order valence-corrected chi connectivity index (χ4v) is 2.71. The summed E-state index contributed by atoms with van der Waals surface area (Å²) in [7, 11) is 3.93. The van der Waals surface area contributed by atoms with E-state index in [1.165, 1.54) is 5.39 Å². The van der Waals surface area contributed by atoms with Crippen LogP contribution < -0.4 is 5.32 Å². The summed E-state index contributed by atoms with van der Waals surface area (Å²) in [6.45, 7) is 3.12. The zero-order chi connectivity index (χ0) is 14.8. The summed E-state index contributed by atoms with van der Waals surface area (Å²) >= 11 is 0. The van der Waals surface area contributed by atoms with Crippen molar-refractivity contribution < 1.29 is 0 Å². The molecule has 3 rings (SSSR count). The van der Waals surface area contributed by atoms with E-state index in [0.717, 1.165) is 29.7 Å². The number of aryl methyl sites for hydroxylation is 2. The average molecular weight is 283 g/mol. The van der Waals surface area contributed by atoms with Crippen LogP contribution in [0.5, 0.6) is 0 Å². The number of aromatic nitrogens is 4. The van der Waals surface area contributed by atoms with E-state index in [2.05, 4.69) is 41.7 Å². The van der Waals surface area contributed by atoms with Gasteiger partial charge in [0.05, 0.1) is 23.4 Å². The van der Waals surface area contributed by atoms with Crippen LogP contribution in [0.1, 0.15) is 30.6 Å². The molecule has 0 saturated heterocycles. The van der Waals surface area contributed by atoms with Crippen molar-refractivity contribution in [2.45, 2.75) is 19.4 Å². The molecule has 1 unspecified atom stereocenters. The van der Waals surface area contributed by atoms with Gasteiger partial charge in [-0.15, -0.1) is 0 Å². The van der Waals surface area contributed by atoms with Crippen molar-refractivity contribution in [1.82, 2.24) is 24.9 Å². The predicted octanol–water partition coefficient (Wildman–Crippen LogP) is 2.40. The fourth-order valence-electron chi connectivity index (χ4n) is 2.71. The lowest BCUT2D eigenvalue weighted by atomic mass is 10.0.